The number of benzene rings is 2. The van der Waals surface area contributed by atoms with Gasteiger partial charge in [0.05, 0.1) is 0 Å². The molecule has 0 aliphatic heterocycles. The van der Waals surface area contributed by atoms with Gasteiger partial charge in [0.1, 0.15) is 0 Å². The minimum Gasteiger partial charge on any atom is -0.352 e. The van der Waals surface area contributed by atoms with E-state index in [1.54, 1.807) is 6.08 Å². The third-order valence-electron chi connectivity index (χ3n) is 3.52. The van der Waals surface area contributed by atoms with Crippen LogP contribution in [0, 0.1) is 0 Å². The highest BCUT2D eigenvalue weighted by Gasteiger charge is 2.03. The predicted octanol–water partition coefficient (Wildman–Crippen LogP) is 3.41. The largest absolute Gasteiger partial charge is 0.352 e. The molecule has 0 saturated carbocycles. The summed E-state index contributed by atoms with van der Waals surface area (Å²) in [6.07, 6.45) is 4.42. The van der Waals surface area contributed by atoms with Gasteiger partial charge >= 0.3 is 0 Å². The van der Waals surface area contributed by atoms with Crippen LogP contribution < -0.4 is 10.6 Å². The molecule has 0 heterocycles. The summed E-state index contributed by atoms with van der Waals surface area (Å²) in [5.41, 5.74) is 2.96. The number of hydrogen-bond acceptors (Lipinski definition) is 2. The molecule has 0 spiro atoms. The quantitative estimate of drug-likeness (QED) is 0.768. The Balaban J connectivity index is 1.70. The second-order valence-electron chi connectivity index (χ2n) is 5.38. The Hall–Kier alpha value is -2.88. The number of hydrogen-bond donors (Lipinski definition) is 2. The van der Waals surface area contributed by atoms with Crippen molar-refractivity contribution in [2.24, 2.45) is 0 Å². The minimum absolute atomic E-state index is 0.119. The van der Waals surface area contributed by atoms with Gasteiger partial charge in [0.2, 0.25) is 11.8 Å². The van der Waals surface area contributed by atoms with Crippen LogP contribution in [0.5, 0.6) is 0 Å². The van der Waals surface area contributed by atoms with E-state index in [2.05, 4.69) is 17.6 Å². The lowest BCUT2D eigenvalue weighted by Crippen LogP contribution is -2.26. The lowest BCUT2D eigenvalue weighted by Gasteiger charge is -2.06. The van der Waals surface area contributed by atoms with Gasteiger partial charge in [0.15, 0.2) is 0 Å². The number of amides is 2. The number of rotatable bonds is 7. The molecule has 2 aromatic carbocycles. The van der Waals surface area contributed by atoms with E-state index in [9.17, 15) is 9.59 Å². The molecule has 4 heteroatoms. The predicted molar refractivity (Wildman–Crippen MR) is 97.6 cm³/mol. The summed E-state index contributed by atoms with van der Waals surface area (Å²) < 4.78 is 0. The minimum atomic E-state index is -0.209. The second-order valence-corrected chi connectivity index (χ2v) is 5.38. The van der Waals surface area contributed by atoms with E-state index in [-0.39, 0.29) is 18.2 Å². The fraction of sp³-hybridized carbons (Fsp3) is 0.200. The maximum Gasteiger partial charge on any atom is 0.244 e. The van der Waals surface area contributed by atoms with Gasteiger partial charge in [0, 0.05) is 24.7 Å². The zero-order chi connectivity index (χ0) is 17.2. The summed E-state index contributed by atoms with van der Waals surface area (Å²) in [6.45, 7) is 2.39. The van der Waals surface area contributed by atoms with Crippen molar-refractivity contribution >= 4 is 23.6 Å². The van der Waals surface area contributed by atoms with E-state index in [4.69, 9.17) is 0 Å². The van der Waals surface area contributed by atoms with Crippen LogP contribution in [0.2, 0.25) is 0 Å². The summed E-state index contributed by atoms with van der Waals surface area (Å²) in [6, 6.07) is 17.3. The van der Waals surface area contributed by atoms with Crippen LogP contribution in [0.15, 0.2) is 60.7 Å². The molecule has 124 valence electrons. The van der Waals surface area contributed by atoms with Gasteiger partial charge < -0.3 is 10.6 Å². The third kappa shape index (κ3) is 6.08. The van der Waals surface area contributed by atoms with Gasteiger partial charge in [-0.3, -0.25) is 9.59 Å². The van der Waals surface area contributed by atoms with E-state index in [0.29, 0.717) is 6.54 Å². The Labute approximate surface area is 142 Å². The van der Waals surface area contributed by atoms with Crippen LogP contribution in [-0.2, 0) is 16.0 Å². The molecule has 2 amide bonds. The molecule has 0 atom stereocenters. The van der Waals surface area contributed by atoms with Gasteiger partial charge in [-0.2, -0.15) is 0 Å². The Bertz CT molecular complexity index is 691. The molecule has 0 bridgehead atoms. The zero-order valence-electron chi connectivity index (χ0n) is 13.8. The van der Waals surface area contributed by atoms with E-state index in [0.717, 1.165) is 17.7 Å². The van der Waals surface area contributed by atoms with Crippen LogP contribution >= 0.6 is 0 Å². The molecule has 2 rings (SSSR count). The highest BCUT2D eigenvalue weighted by Crippen LogP contribution is 2.10. The van der Waals surface area contributed by atoms with Crippen LogP contribution in [-0.4, -0.2) is 18.4 Å². The Morgan fingerprint density at radius 1 is 1.00 bits per heavy atom. The molecule has 0 radical (unpaired) electrons. The standard InChI is InChI=1S/C20H22N2O2/c1-2-16-8-11-18(12-9-16)22-20(24)14-15-21-19(23)13-10-17-6-4-3-5-7-17/h3-13H,2,14-15H2,1H3,(H,21,23)(H,22,24)/b13-10+. The number of carbonyl (C=O) groups is 2. The molecule has 0 unspecified atom stereocenters. The lowest BCUT2D eigenvalue weighted by atomic mass is 10.1. The molecule has 2 aromatic rings. The maximum atomic E-state index is 11.8. The molecular weight excluding hydrogens is 300 g/mol. The first-order valence-corrected chi connectivity index (χ1v) is 8.07. The number of anilines is 1. The molecule has 0 aromatic heterocycles. The van der Waals surface area contributed by atoms with Crippen molar-refractivity contribution in [3.05, 3.63) is 71.8 Å². The summed E-state index contributed by atoms with van der Waals surface area (Å²) in [7, 11) is 0. The van der Waals surface area contributed by atoms with Gasteiger partial charge in [-0.05, 0) is 35.8 Å². The number of carbonyl (C=O) groups excluding carboxylic acids is 2. The summed E-state index contributed by atoms with van der Waals surface area (Å²) in [5.74, 6) is -0.328. The first-order chi connectivity index (χ1) is 11.7. The summed E-state index contributed by atoms with van der Waals surface area (Å²) >= 11 is 0. The van der Waals surface area contributed by atoms with Crippen molar-refractivity contribution in [2.45, 2.75) is 19.8 Å². The van der Waals surface area contributed by atoms with Crippen LogP contribution in [0.25, 0.3) is 6.08 Å². The molecule has 0 aliphatic carbocycles. The summed E-state index contributed by atoms with van der Waals surface area (Å²) in [5, 5.41) is 5.52. The lowest BCUT2D eigenvalue weighted by molar-refractivity contribution is -0.117. The van der Waals surface area contributed by atoms with Gasteiger partial charge in [0.25, 0.3) is 0 Å². The van der Waals surface area contributed by atoms with Crippen LogP contribution in [0.3, 0.4) is 0 Å². The fourth-order valence-electron chi connectivity index (χ4n) is 2.14. The fourth-order valence-corrected chi connectivity index (χ4v) is 2.14. The number of aryl methyl sites for hydroxylation is 1. The second kappa shape index (κ2) is 9.30. The van der Waals surface area contributed by atoms with Gasteiger partial charge in [-0.1, -0.05) is 49.4 Å². The SMILES string of the molecule is CCc1ccc(NC(=O)CCNC(=O)/C=C/c2ccccc2)cc1. The zero-order valence-corrected chi connectivity index (χ0v) is 13.8. The first-order valence-electron chi connectivity index (χ1n) is 8.07. The molecule has 4 nitrogen and oxygen atoms in total. The van der Waals surface area contributed by atoms with E-state index in [1.807, 2.05) is 54.6 Å². The van der Waals surface area contributed by atoms with Crippen molar-refractivity contribution in [3.8, 4) is 0 Å². The Kier molecular flexibility index (Phi) is 6.77. The van der Waals surface area contributed by atoms with Crippen molar-refractivity contribution in [1.29, 1.82) is 0 Å². The van der Waals surface area contributed by atoms with Crippen molar-refractivity contribution in [2.75, 3.05) is 11.9 Å². The Morgan fingerprint density at radius 3 is 2.38 bits per heavy atom. The smallest absolute Gasteiger partial charge is 0.244 e. The normalized spacial score (nSPS) is 10.5. The molecule has 0 fully saturated rings. The Morgan fingerprint density at radius 2 is 1.71 bits per heavy atom. The van der Waals surface area contributed by atoms with Crippen molar-refractivity contribution in [1.82, 2.24) is 5.32 Å². The molecular formula is C20H22N2O2. The highest BCUT2D eigenvalue weighted by atomic mass is 16.2. The molecule has 24 heavy (non-hydrogen) atoms. The first kappa shape index (κ1) is 17.5. The van der Waals surface area contributed by atoms with E-state index < -0.39 is 0 Å². The topological polar surface area (TPSA) is 58.2 Å². The average Bonchev–Trinajstić information content (AvgIpc) is 2.61. The number of nitrogens with one attached hydrogen (secondary N) is 2. The molecule has 0 aliphatic rings. The van der Waals surface area contributed by atoms with Crippen molar-refractivity contribution < 1.29 is 9.59 Å². The molecule has 0 saturated heterocycles. The van der Waals surface area contributed by atoms with E-state index >= 15 is 0 Å². The summed E-state index contributed by atoms with van der Waals surface area (Å²) in [4.78, 5) is 23.5. The van der Waals surface area contributed by atoms with Crippen LogP contribution in [0.4, 0.5) is 5.69 Å². The van der Waals surface area contributed by atoms with Crippen molar-refractivity contribution in [3.63, 3.8) is 0 Å². The third-order valence-corrected chi connectivity index (χ3v) is 3.52. The monoisotopic (exact) mass is 322 g/mol. The van der Waals surface area contributed by atoms with Crippen LogP contribution in [0.1, 0.15) is 24.5 Å². The highest BCUT2D eigenvalue weighted by molar-refractivity contribution is 5.93. The average molecular weight is 322 g/mol. The van der Waals surface area contributed by atoms with E-state index in [1.165, 1.54) is 11.6 Å². The maximum absolute atomic E-state index is 11.8. The molecule has 2 N–H and O–H groups in total. The van der Waals surface area contributed by atoms with Gasteiger partial charge in [-0.25, -0.2) is 0 Å². The van der Waals surface area contributed by atoms with Gasteiger partial charge in [-0.15, -0.1) is 0 Å².